The van der Waals surface area contributed by atoms with Crippen LogP contribution in [0.3, 0.4) is 0 Å². The van der Waals surface area contributed by atoms with Crippen LogP contribution in [0.4, 0.5) is 0 Å². The predicted molar refractivity (Wildman–Crippen MR) is 80.9 cm³/mol. The molecule has 0 aromatic heterocycles. The first-order valence-electron chi connectivity index (χ1n) is 6.71. The summed E-state index contributed by atoms with van der Waals surface area (Å²) in [5.74, 6) is 0.466. The molecule has 0 aliphatic rings. The van der Waals surface area contributed by atoms with Crippen LogP contribution in [0.1, 0.15) is 28.2 Å². The first-order chi connectivity index (χ1) is 10.2. The third-order valence-electron chi connectivity index (χ3n) is 3.44. The van der Waals surface area contributed by atoms with Crippen LogP contribution in [-0.2, 0) is 6.42 Å². The van der Waals surface area contributed by atoms with Crippen LogP contribution in [0, 0.1) is 29.6 Å². The molecule has 1 unspecified atom stereocenters. The van der Waals surface area contributed by atoms with Gasteiger partial charge >= 0.3 is 0 Å². The molecule has 0 heterocycles. The van der Waals surface area contributed by atoms with Crippen molar-refractivity contribution in [3.05, 3.63) is 64.7 Å². The van der Waals surface area contributed by atoms with Gasteiger partial charge in [0.2, 0.25) is 0 Å². The minimum atomic E-state index is -0.271. The van der Waals surface area contributed by atoms with Gasteiger partial charge in [-0.2, -0.15) is 10.5 Å². The van der Waals surface area contributed by atoms with E-state index < -0.39 is 0 Å². The van der Waals surface area contributed by atoms with E-state index in [2.05, 4.69) is 12.1 Å². The molecule has 0 fully saturated rings. The quantitative estimate of drug-likeness (QED) is 0.855. The number of benzene rings is 2. The predicted octanol–water partition coefficient (Wildman–Crippen LogP) is 3.73. The van der Waals surface area contributed by atoms with Gasteiger partial charge in [0.15, 0.2) is 0 Å². The van der Waals surface area contributed by atoms with E-state index in [0.29, 0.717) is 12.0 Å². The molecule has 0 N–H and O–H groups in total. The van der Waals surface area contributed by atoms with Crippen molar-refractivity contribution >= 4 is 0 Å². The molecule has 0 saturated carbocycles. The molecule has 0 aliphatic carbocycles. The van der Waals surface area contributed by atoms with E-state index >= 15 is 0 Å². The largest absolute Gasteiger partial charge is 0.496 e. The van der Waals surface area contributed by atoms with Crippen LogP contribution in [0.15, 0.2) is 42.5 Å². The van der Waals surface area contributed by atoms with E-state index in [1.54, 1.807) is 19.2 Å². The average molecular weight is 276 g/mol. The number of aryl methyl sites for hydroxylation is 1. The molecule has 0 amide bonds. The third-order valence-corrected chi connectivity index (χ3v) is 3.44. The van der Waals surface area contributed by atoms with E-state index in [1.165, 1.54) is 0 Å². The molecule has 2 aromatic carbocycles. The normalized spacial score (nSPS) is 11.2. The summed E-state index contributed by atoms with van der Waals surface area (Å²) in [6.45, 7) is 2.00. The molecular weight excluding hydrogens is 260 g/mol. The molecule has 2 aromatic rings. The summed E-state index contributed by atoms with van der Waals surface area (Å²) in [6, 6.07) is 17.6. The Labute approximate surface area is 125 Å². The van der Waals surface area contributed by atoms with E-state index in [4.69, 9.17) is 10.00 Å². The van der Waals surface area contributed by atoms with Crippen molar-refractivity contribution in [1.29, 1.82) is 10.5 Å². The lowest BCUT2D eigenvalue weighted by molar-refractivity contribution is 0.408. The molecule has 0 bridgehead atoms. The standard InChI is InChI=1S/C18H16N2O/c1-13-3-8-18(21-2)17(9-13)16(12-20)10-14-4-6-15(11-19)7-5-14/h3-9,16H,10H2,1-2H3. The summed E-state index contributed by atoms with van der Waals surface area (Å²) in [5.41, 5.74) is 3.67. The van der Waals surface area contributed by atoms with Crippen molar-refractivity contribution in [3.63, 3.8) is 0 Å². The fraction of sp³-hybridized carbons (Fsp3) is 0.222. The highest BCUT2D eigenvalue weighted by Crippen LogP contribution is 2.30. The number of methoxy groups -OCH3 is 1. The second kappa shape index (κ2) is 6.59. The maximum Gasteiger partial charge on any atom is 0.123 e. The van der Waals surface area contributed by atoms with Crippen LogP contribution in [-0.4, -0.2) is 7.11 Å². The first kappa shape index (κ1) is 14.6. The maximum atomic E-state index is 9.49. The van der Waals surface area contributed by atoms with Crippen molar-refractivity contribution < 1.29 is 4.74 Å². The van der Waals surface area contributed by atoms with Crippen molar-refractivity contribution in [1.82, 2.24) is 0 Å². The Bertz CT molecular complexity index is 705. The summed E-state index contributed by atoms with van der Waals surface area (Å²) in [6.07, 6.45) is 0.599. The first-order valence-corrected chi connectivity index (χ1v) is 6.71. The Morgan fingerprint density at radius 1 is 1.10 bits per heavy atom. The van der Waals surface area contributed by atoms with Gasteiger partial charge in [-0.25, -0.2) is 0 Å². The molecule has 0 spiro atoms. The molecule has 104 valence electrons. The molecule has 1 atom stereocenters. The van der Waals surface area contributed by atoms with Gasteiger partial charge in [0, 0.05) is 5.56 Å². The molecule has 0 saturated heterocycles. The van der Waals surface area contributed by atoms with Crippen molar-refractivity contribution in [2.45, 2.75) is 19.3 Å². The lowest BCUT2D eigenvalue weighted by Gasteiger charge is -2.14. The summed E-state index contributed by atoms with van der Waals surface area (Å²) in [5, 5.41) is 18.3. The number of nitrogens with zero attached hydrogens (tertiary/aromatic N) is 2. The van der Waals surface area contributed by atoms with Gasteiger partial charge in [-0.05, 0) is 37.1 Å². The van der Waals surface area contributed by atoms with Crippen molar-refractivity contribution in [2.24, 2.45) is 0 Å². The zero-order chi connectivity index (χ0) is 15.2. The van der Waals surface area contributed by atoms with Gasteiger partial charge in [-0.15, -0.1) is 0 Å². The number of ether oxygens (including phenoxy) is 1. The Morgan fingerprint density at radius 3 is 2.38 bits per heavy atom. The van der Waals surface area contributed by atoms with Crippen LogP contribution >= 0.6 is 0 Å². The number of nitriles is 2. The number of hydrogen-bond acceptors (Lipinski definition) is 3. The second-order valence-electron chi connectivity index (χ2n) is 4.94. The van der Waals surface area contributed by atoms with Gasteiger partial charge in [-0.3, -0.25) is 0 Å². The number of hydrogen-bond donors (Lipinski definition) is 0. The monoisotopic (exact) mass is 276 g/mol. The fourth-order valence-corrected chi connectivity index (χ4v) is 2.30. The maximum absolute atomic E-state index is 9.49. The minimum absolute atomic E-state index is 0.271. The Morgan fingerprint density at radius 2 is 1.81 bits per heavy atom. The van der Waals surface area contributed by atoms with Crippen LogP contribution in [0.5, 0.6) is 5.75 Å². The van der Waals surface area contributed by atoms with Gasteiger partial charge in [0.25, 0.3) is 0 Å². The van der Waals surface area contributed by atoms with E-state index in [1.807, 2.05) is 37.3 Å². The minimum Gasteiger partial charge on any atom is -0.496 e. The topological polar surface area (TPSA) is 56.8 Å². The zero-order valence-corrected chi connectivity index (χ0v) is 12.1. The molecule has 3 heteroatoms. The molecule has 3 nitrogen and oxygen atoms in total. The summed E-state index contributed by atoms with van der Waals surface area (Å²) in [7, 11) is 1.62. The Balaban J connectivity index is 2.30. The van der Waals surface area contributed by atoms with Crippen LogP contribution in [0.25, 0.3) is 0 Å². The summed E-state index contributed by atoms with van der Waals surface area (Å²) < 4.78 is 5.36. The number of rotatable bonds is 4. The van der Waals surface area contributed by atoms with E-state index in [-0.39, 0.29) is 5.92 Å². The zero-order valence-electron chi connectivity index (χ0n) is 12.1. The fourth-order valence-electron chi connectivity index (χ4n) is 2.30. The van der Waals surface area contributed by atoms with Crippen molar-refractivity contribution in [2.75, 3.05) is 7.11 Å². The van der Waals surface area contributed by atoms with Crippen LogP contribution in [0.2, 0.25) is 0 Å². The van der Waals surface area contributed by atoms with E-state index in [9.17, 15) is 5.26 Å². The highest BCUT2D eigenvalue weighted by atomic mass is 16.5. The smallest absolute Gasteiger partial charge is 0.123 e. The van der Waals surface area contributed by atoms with Gasteiger partial charge in [0.1, 0.15) is 5.75 Å². The highest BCUT2D eigenvalue weighted by Gasteiger charge is 2.16. The molecule has 2 rings (SSSR count). The lowest BCUT2D eigenvalue weighted by Crippen LogP contribution is -2.03. The molecule has 21 heavy (non-hydrogen) atoms. The average Bonchev–Trinajstić information content (AvgIpc) is 2.53. The second-order valence-corrected chi connectivity index (χ2v) is 4.94. The SMILES string of the molecule is COc1ccc(C)cc1C(C#N)Cc1ccc(C#N)cc1. The van der Waals surface area contributed by atoms with Gasteiger partial charge in [-0.1, -0.05) is 29.8 Å². The third kappa shape index (κ3) is 3.41. The molecular formula is C18H16N2O. The Hall–Kier alpha value is -2.78. The Kier molecular flexibility index (Phi) is 4.59. The summed E-state index contributed by atoms with van der Waals surface area (Å²) >= 11 is 0. The summed E-state index contributed by atoms with van der Waals surface area (Å²) in [4.78, 5) is 0. The molecule has 0 aliphatic heterocycles. The van der Waals surface area contributed by atoms with Gasteiger partial charge < -0.3 is 4.74 Å². The van der Waals surface area contributed by atoms with Gasteiger partial charge in [0.05, 0.1) is 30.7 Å². The van der Waals surface area contributed by atoms with Crippen LogP contribution < -0.4 is 4.74 Å². The molecule has 0 radical (unpaired) electrons. The van der Waals surface area contributed by atoms with E-state index in [0.717, 1.165) is 22.4 Å². The van der Waals surface area contributed by atoms with Crippen molar-refractivity contribution in [3.8, 4) is 17.9 Å². The highest BCUT2D eigenvalue weighted by molar-refractivity contribution is 5.43. The lowest BCUT2D eigenvalue weighted by atomic mass is 9.91.